The lowest BCUT2D eigenvalue weighted by molar-refractivity contribution is -0.131. The third-order valence-electron chi connectivity index (χ3n) is 7.09. The number of amides is 2. The van der Waals surface area contributed by atoms with E-state index in [-0.39, 0.29) is 11.8 Å². The maximum atomic E-state index is 13.3. The number of nitrogens with zero attached hydrogens (tertiary/aromatic N) is 4. The summed E-state index contributed by atoms with van der Waals surface area (Å²) in [6, 6.07) is 20.1. The zero-order valence-corrected chi connectivity index (χ0v) is 23.4. The van der Waals surface area contributed by atoms with E-state index in [1.165, 1.54) is 0 Å². The minimum Gasteiger partial charge on any atom is -0.368 e. The SMILES string of the molecule is NC(=O)[C@H](Cc1ccccc1)NC(=O)[C@H]1CCCN(Cc2cc(-c3cccnc3)nn2-c2ccc(Cl)c(Cl)c2)C1. The van der Waals surface area contributed by atoms with Crippen molar-refractivity contribution in [3.63, 3.8) is 0 Å². The summed E-state index contributed by atoms with van der Waals surface area (Å²) in [6.07, 6.45) is 5.46. The van der Waals surface area contributed by atoms with Gasteiger partial charge in [-0.15, -0.1) is 0 Å². The Balaban J connectivity index is 1.33. The molecule has 0 unspecified atom stereocenters. The Morgan fingerprint density at radius 2 is 1.88 bits per heavy atom. The van der Waals surface area contributed by atoms with Gasteiger partial charge in [-0.25, -0.2) is 4.68 Å². The number of carbonyl (C=O) groups excluding carboxylic acids is 2. The van der Waals surface area contributed by atoms with Gasteiger partial charge in [0.25, 0.3) is 0 Å². The molecule has 1 aliphatic heterocycles. The van der Waals surface area contributed by atoms with Gasteiger partial charge in [-0.2, -0.15) is 5.10 Å². The van der Waals surface area contributed by atoms with Crippen molar-refractivity contribution in [3.05, 3.63) is 100 Å². The zero-order chi connectivity index (χ0) is 28.1. The van der Waals surface area contributed by atoms with Crippen LogP contribution in [-0.4, -0.2) is 50.6 Å². The van der Waals surface area contributed by atoms with E-state index in [9.17, 15) is 9.59 Å². The molecular weight excluding hydrogens is 547 g/mol. The number of hydrogen-bond acceptors (Lipinski definition) is 5. The van der Waals surface area contributed by atoms with E-state index in [1.54, 1.807) is 24.5 Å². The van der Waals surface area contributed by atoms with Crippen LogP contribution in [0.15, 0.2) is 79.1 Å². The lowest BCUT2D eigenvalue weighted by Crippen LogP contribution is -2.50. The highest BCUT2D eigenvalue weighted by molar-refractivity contribution is 6.42. The standard InChI is InChI=1S/C30H30Cl2N6O2/c31-25-11-10-23(15-26(25)32)38-24(16-27(36-38)21-8-4-12-34-17-21)19-37-13-5-9-22(18-37)30(40)35-28(29(33)39)14-20-6-2-1-3-7-20/h1-4,6-8,10-12,15-17,22,28H,5,9,13-14,18-19H2,(H2,33,39)(H,35,40)/t22-,28-/m0/s1. The second-order valence-electron chi connectivity index (χ2n) is 10.0. The Hall–Kier alpha value is -3.72. The molecule has 2 aromatic heterocycles. The second kappa shape index (κ2) is 12.6. The van der Waals surface area contributed by atoms with Gasteiger partial charge in [0.2, 0.25) is 11.8 Å². The van der Waals surface area contributed by atoms with Gasteiger partial charge >= 0.3 is 0 Å². The number of carbonyl (C=O) groups is 2. The van der Waals surface area contributed by atoms with E-state index in [0.29, 0.717) is 29.6 Å². The van der Waals surface area contributed by atoms with Crippen LogP contribution in [0, 0.1) is 5.92 Å². The number of nitrogens with one attached hydrogen (secondary N) is 1. The molecule has 40 heavy (non-hydrogen) atoms. The molecular formula is C30H30Cl2N6O2. The normalized spacial score (nSPS) is 16.4. The first-order valence-electron chi connectivity index (χ1n) is 13.2. The van der Waals surface area contributed by atoms with E-state index in [1.807, 2.05) is 59.3 Å². The second-order valence-corrected chi connectivity index (χ2v) is 10.8. The molecule has 1 aliphatic rings. The Morgan fingerprint density at radius 1 is 1.05 bits per heavy atom. The summed E-state index contributed by atoms with van der Waals surface area (Å²) in [5.74, 6) is -0.956. The van der Waals surface area contributed by atoms with Crippen LogP contribution in [0.2, 0.25) is 10.0 Å². The molecule has 0 radical (unpaired) electrons. The molecule has 4 aromatic rings. The van der Waals surface area contributed by atoms with Gasteiger partial charge < -0.3 is 11.1 Å². The number of aromatic nitrogens is 3. The predicted octanol–water partition coefficient (Wildman–Crippen LogP) is 4.67. The number of likely N-dealkylation sites (tertiary alicyclic amines) is 1. The summed E-state index contributed by atoms with van der Waals surface area (Å²) in [4.78, 5) is 31.8. The minimum atomic E-state index is -0.761. The van der Waals surface area contributed by atoms with Crippen molar-refractivity contribution < 1.29 is 9.59 Å². The number of piperidine rings is 1. The molecule has 0 bridgehead atoms. The van der Waals surface area contributed by atoms with Crippen LogP contribution in [0.4, 0.5) is 0 Å². The van der Waals surface area contributed by atoms with Gasteiger partial charge in [0.05, 0.1) is 33.0 Å². The van der Waals surface area contributed by atoms with Gasteiger partial charge in [0, 0.05) is 37.5 Å². The number of halogens is 2. The molecule has 10 heteroatoms. The molecule has 2 atom stereocenters. The molecule has 1 saturated heterocycles. The van der Waals surface area contributed by atoms with Gasteiger partial charge in [-0.1, -0.05) is 53.5 Å². The number of primary amides is 1. The van der Waals surface area contributed by atoms with E-state index >= 15 is 0 Å². The predicted molar refractivity (Wildman–Crippen MR) is 156 cm³/mol. The molecule has 0 saturated carbocycles. The van der Waals surface area contributed by atoms with Crippen molar-refractivity contribution in [2.24, 2.45) is 11.7 Å². The quantitative estimate of drug-likeness (QED) is 0.301. The first-order valence-corrected chi connectivity index (χ1v) is 13.9. The van der Waals surface area contributed by atoms with Crippen LogP contribution in [-0.2, 0) is 22.6 Å². The van der Waals surface area contributed by atoms with E-state index in [4.69, 9.17) is 34.0 Å². The van der Waals surface area contributed by atoms with Crippen molar-refractivity contribution in [2.45, 2.75) is 31.8 Å². The fourth-order valence-corrected chi connectivity index (χ4v) is 5.32. The molecule has 2 amide bonds. The fraction of sp³-hybridized carbons (Fsp3) is 0.267. The Labute approximate surface area is 243 Å². The molecule has 5 rings (SSSR count). The van der Waals surface area contributed by atoms with Crippen LogP contribution < -0.4 is 11.1 Å². The van der Waals surface area contributed by atoms with Crippen LogP contribution >= 0.6 is 23.2 Å². The highest BCUT2D eigenvalue weighted by Crippen LogP contribution is 2.28. The number of rotatable bonds is 9. The lowest BCUT2D eigenvalue weighted by Gasteiger charge is -2.32. The van der Waals surface area contributed by atoms with Crippen molar-refractivity contribution in [3.8, 4) is 16.9 Å². The fourth-order valence-electron chi connectivity index (χ4n) is 5.03. The maximum absolute atomic E-state index is 13.3. The smallest absolute Gasteiger partial charge is 0.240 e. The topological polar surface area (TPSA) is 106 Å². The molecule has 3 N–H and O–H groups in total. The minimum absolute atomic E-state index is 0.154. The van der Waals surface area contributed by atoms with Gasteiger partial charge in [0.1, 0.15) is 6.04 Å². The van der Waals surface area contributed by atoms with E-state index < -0.39 is 11.9 Å². The van der Waals surface area contributed by atoms with Crippen molar-refractivity contribution in [2.75, 3.05) is 13.1 Å². The molecule has 206 valence electrons. The van der Waals surface area contributed by atoms with Gasteiger partial charge in [0.15, 0.2) is 0 Å². The summed E-state index contributed by atoms with van der Waals surface area (Å²) in [5, 5.41) is 8.67. The van der Waals surface area contributed by atoms with E-state index in [2.05, 4.69) is 15.2 Å². The first-order chi connectivity index (χ1) is 19.4. The molecule has 3 heterocycles. The summed E-state index contributed by atoms with van der Waals surface area (Å²) in [5.41, 5.74) is 9.99. The molecule has 2 aromatic carbocycles. The summed E-state index contributed by atoms with van der Waals surface area (Å²) >= 11 is 12.5. The Bertz CT molecular complexity index is 1480. The summed E-state index contributed by atoms with van der Waals surface area (Å²) in [6.45, 7) is 1.96. The number of pyridine rings is 1. The average molecular weight is 578 g/mol. The highest BCUT2D eigenvalue weighted by Gasteiger charge is 2.29. The van der Waals surface area contributed by atoms with E-state index in [0.717, 1.165) is 47.6 Å². The molecule has 8 nitrogen and oxygen atoms in total. The van der Waals surface area contributed by atoms with Crippen LogP contribution in [0.5, 0.6) is 0 Å². The molecule has 0 spiro atoms. The highest BCUT2D eigenvalue weighted by atomic mass is 35.5. The Kier molecular flexibility index (Phi) is 8.79. The summed E-state index contributed by atoms with van der Waals surface area (Å²) in [7, 11) is 0. The van der Waals surface area contributed by atoms with Crippen LogP contribution in [0.25, 0.3) is 16.9 Å². The number of hydrogen-bond donors (Lipinski definition) is 2. The average Bonchev–Trinajstić information content (AvgIpc) is 3.39. The van der Waals surface area contributed by atoms with Crippen LogP contribution in [0.3, 0.4) is 0 Å². The first kappa shape index (κ1) is 27.8. The monoisotopic (exact) mass is 576 g/mol. The maximum Gasteiger partial charge on any atom is 0.240 e. The third kappa shape index (κ3) is 6.70. The van der Waals surface area contributed by atoms with Crippen molar-refractivity contribution in [1.29, 1.82) is 0 Å². The van der Waals surface area contributed by atoms with Crippen molar-refractivity contribution in [1.82, 2.24) is 25.0 Å². The van der Waals surface area contributed by atoms with Crippen LogP contribution in [0.1, 0.15) is 24.1 Å². The summed E-state index contributed by atoms with van der Waals surface area (Å²) < 4.78 is 1.86. The number of nitrogens with two attached hydrogens (primary N) is 1. The zero-order valence-electron chi connectivity index (χ0n) is 21.8. The number of benzene rings is 2. The van der Waals surface area contributed by atoms with Gasteiger partial charge in [-0.3, -0.25) is 19.5 Å². The molecule has 1 fully saturated rings. The third-order valence-corrected chi connectivity index (χ3v) is 7.83. The molecule has 0 aliphatic carbocycles. The lowest BCUT2D eigenvalue weighted by atomic mass is 9.96. The Morgan fingerprint density at radius 3 is 2.60 bits per heavy atom. The van der Waals surface area contributed by atoms with Gasteiger partial charge in [-0.05, 0) is 61.3 Å². The van der Waals surface area contributed by atoms with Crippen molar-refractivity contribution >= 4 is 35.0 Å². The largest absolute Gasteiger partial charge is 0.368 e.